The molecule has 7 heteroatoms. The first kappa shape index (κ1) is 13.9. The van der Waals surface area contributed by atoms with E-state index in [1.807, 2.05) is 6.92 Å². The van der Waals surface area contributed by atoms with E-state index in [1.54, 1.807) is 34.1 Å². The molecule has 3 heterocycles. The molecule has 21 heavy (non-hydrogen) atoms. The zero-order chi connectivity index (χ0) is 14.8. The van der Waals surface area contributed by atoms with E-state index in [-0.39, 0.29) is 11.1 Å². The highest BCUT2D eigenvalue weighted by Crippen LogP contribution is 2.32. The van der Waals surface area contributed by atoms with Gasteiger partial charge in [0.15, 0.2) is 10.9 Å². The largest absolute Gasteiger partial charge is 0.436 e. The van der Waals surface area contributed by atoms with Crippen LogP contribution in [0.2, 0.25) is 5.15 Å². The van der Waals surface area contributed by atoms with Gasteiger partial charge in [0, 0.05) is 31.6 Å². The van der Waals surface area contributed by atoms with Crippen LogP contribution in [0.25, 0.3) is 0 Å². The Labute approximate surface area is 127 Å². The zero-order valence-corrected chi connectivity index (χ0v) is 12.4. The lowest BCUT2D eigenvalue weighted by molar-refractivity contribution is -0.117. The minimum atomic E-state index is 0.101. The number of amides is 1. The van der Waals surface area contributed by atoms with Gasteiger partial charge in [0.2, 0.25) is 11.8 Å². The van der Waals surface area contributed by atoms with E-state index in [0.717, 1.165) is 6.42 Å². The predicted molar refractivity (Wildman–Crippen MR) is 78.8 cm³/mol. The number of pyridine rings is 1. The second-order valence-electron chi connectivity index (χ2n) is 4.72. The third kappa shape index (κ3) is 2.71. The van der Waals surface area contributed by atoms with Crippen LogP contribution in [-0.2, 0) is 11.3 Å². The van der Waals surface area contributed by atoms with Crippen molar-refractivity contribution in [2.24, 2.45) is 0 Å². The van der Waals surface area contributed by atoms with Gasteiger partial charge in [0.05, 0.1) is 18.1 Å². The maximum absolute atomic E-state index is 11.8. The second kappa shape index (κ2) is 5.73. The number of carbonyl (C=O) groups is 1. The smallest absolute Gasteiger partial charge is 0.227 e. The number of aromatic nitrogens is 3. The van der Waals surface area contributed by atoms with Crippen LogP contribution in [-0.4, -0.2) is 27.2 Å². The van der Waals surface area contributed by atoms with Crippen molar-refractivity contribution in [3.05, 3.63) is 29.7 Å². The molecule has 0 atom stereocenters. The molecule has 110 valence electrons. The van der Waals surface area contributed by atoms with Gasteiger partial charge >= 0.3 is 0 Å². The normalized spacial score (nSPS) is 14.8. The quantitative estimate of drug-likeness (QED) is 0.815. The number of hydrogen-bond acceptors (Lipinski definition) is 4. The van der Waals surface area contributed by atoms with E-state index in [9.17, 15) is 4.79 Å². The van der Waals surface area contributed by atoms with Gasteiger partial charge in [0.1, 0.15) is 0 Å². The molecule has 3 rings (SSSR count). The summed E-state index contributed by atoms with van der Waals surface area (Å²) in [6, 6.07) is 3.50. The maximum atomic E-state index is 11.8. The third-order valence-electron chi connectivity index (χ3n) is 3.37. The SMILES string of the molecule is CCn1nccc1Oc1cc(N2CCCC2=O)cnc1Cl. The van der Waals surface area contributed by atoms with Crippen LogP contribution in [0.1, 0.15) is 19.8 Å². The lowest BCUT2D eigenvalue weighted by atomic mass is 10.3. The number of rotatable bonds is 4. The van der Waals surface area contributed by atoms with Crippen molar-refractivity contribution in [1.82, 2.24) is 14.8 Å². The van der Waals surface area contributed by atoms with Crippen molar-refractivity contribution < 1.29 is 9.53 Å². The van der Waals surface area contributed by atoms with Crippen LogP contribution < -0.4 is 9.64 Å². The average Bonchev–Trinajstić information content (AvgIpc) is 3.10. The number of ether oxygens (including phenoxy) is 1. The number of carbonyl (C=O) groups excluding carboxylic acids is 1. The molecule has 6 nitrogen and oxygen atoms in total. The van der Waals surface area contributed by atoms with Gasteiger partial charge < -0.3 is 9.64 Å². The summed E-state index contributed by atoms with van der Waals surface area (Å²) < 4.78 is 7.49. The Morgan fingerprint density at radius 2 is 2.33 bits per heavy atom. The molecule has 0 saturated carbocycles. The van der Waals surface area contributed by atoms with Crippen molar-refractivity contribution in [2.75, 3.05) is 11.4 Å². The number of hydrogen-bond donors (Lipinski definition) is 0. The van der Waals surface area contributed by atoms with Gasteiger partial charge in [-0.15, -0.1) is 0 Å². The average molecular weight is 307 g/mol. The standard InChI is InChI=1S/C14H15ClN4O2/c1-2-19-13(5-6-17-19)21-11-8-10(9-16-14(11)15)18-7-3-4-12(18)20/h5-6,8-9H,2-4,7H2,1H3. The Hall–Kier alpha value is -2.08. The number of nitrogens with zero attached hydrogens (tertiary/aromatic N) is 4. The van der Waals surface area contributed by atoms with Gasteiger partial charge in [-0.25, -0.2) is 9.67 Å². The summed E-state index contributed by atoms with van der Waals surface area (Å²) >= 11 is 6.08. The number of aryl methyl sites for hydroxylation is 1. The summed E-state index contributed by atoms with van der Waals surface area (Å²) in [6.45, 7) is 3.37. The highest BCUT2D eigenvalue weighted by Gasteiger charge is 2.23. The maximum Gasteiger partial charge on any atom is 0.227 e. The van der Waals surface area contributed by atoms with Crippen LogP contribution in [0.15, 0.2) is 24.5 Å². The molecule has 2 aromatic rings. The Bertz CT molecular complexity index is 671. The zero-order valence-electron chi connectivity index (χ0n) is 11.6. The lowest BCUT2D eigenvalue weighted by Crippen LogP contribution is -2.23. The van der Waals surface area contributed by atoms with Gasteiger partial charge in [-0.1, -0.05) is 11.6 Å². The summed E-state index contributed by atoms with van der Waals surface area (Å²) in [5.41, 5.74) is 0.708. The Morgan fingerprint density at radius 1 is 1.48 bits per heavy atom. The molecule has 0 unspecified atom stereocenters. The van der Waals surface area contributed by atoms with E-state index in [2.05, 4.69) is 10.1 Å². The third-order valence-corrected chi connectivity index (χ3v) is 3.65. The second-order valence-corrected chi connectivity index (χ2v) is 5.08. The van der Waals surface area contributed by atoms with Crippen molar-refractivity contribution >= 4 is 23.2 Å². The van der Waals surface area contributed by atoms with E-state index in [4.69, 9.17) is 16.3 Å². The molecule has 2 aromatic heterocycles. The van der Waals surface area contributed by atoms with Crippen molar-refractivity contribution in [3.8, 4) is 11.6 Å². The molecular formula is C14H15ClN4O2. The molecule has 0 N–H and O–H groups in total. The van der Waals surface area contributed by atoms with Gasteiger partial charge in [-0.05, 0) is 13.3 Å². The highest BCUT2D eigenvalue weighted by molar-refractivity contribution is 6.30. The molecule has 1 fully saturated rings. The van der Waals surface area contributed by atoms with Gasteiger partial charge in [-0.2, -0.15) is 5.10 Å². The van der Waals surface area contributed by atoms with Crippen LogP contribution in [0.4, 0.5) is 5.69 Å². The van der Waals surface area contributed by atoms with Crippen LogP contribution in [0.5, 0.6) is 11.6 Å². The highest BCUT2D eigenvalue weighted by atomic mass is 35.5. The van der Waals surface area contributed by atoms with Gasteiger partial charge in [-0.3, -0.25) is 4.79 Å². The summed E-state index contributed by atoms with van der Waals surface area (Å²) in [4.78, 5) is 17.6. The van der Waals surface area contributed by atoms with Crippen LogP contribution in [0, 0.1) is 0 Å². The number of halogens is 1. The Kier molecular flexibility index (Phi) is 3.79. The summed E-state index contributed by atoms with van der Waals surface area (Å²) in [5, 5.41) is 4.39. The first-order chi connectivity index (χ1) is 10.2. The van der Waals surface area contributed by atoms with E-state index >= 15 is 0 Å². The summed E-state index contributed by atoms with van der Waals surface area (Å²) in [6.07, 6.45) is 4.69. The van der Waals surface area contributed by atoms with Crippen molar-refractivity contribution in [3.63, 3.8) is 0 Å². The molecular weight excluding hydrogens is 292 g/mol. The fraction of sp³-hybridized carbons (Fsp3) is 0.357. The van der Waals surface area contributed by atoms with Crippen LogP contribution >= 0.6 is 11.6 Å². The van der Waals surface area contributed by atoms with E-state index < -0.39 is 0 Å². The first-order valence-electron chi connectivity index (χ1n) is 6.84. The Balaban J connectivity index is 1.89. The fourth-order valence-electron chi connectivity index (χ4n) is 2.32. The molecule has 0 aromatic carbocycles. The molecule has 1 saturated heterocycles. The Morgan fingerprint density at radius 3 is 3.05 bits per heavy atom. The minimum Gasteiger partial charge on any atom is -0.436 e. The van der Waals surface area contributed by atoms with E-state index in [0.29, 0.717) is 36.8 Å². The van der Waals surface area contributed by atoms with Gasteiger partial charge in [0.25, 0.3) is 0 Å². The monoisotopic (exact) mass is 306 g/mol. The molecule has 0 radical (unpaired) electrons. The first-order valence-corrected chi connectivity index (χ1v) is 7.22. The van der Waals surface area contributed by atoms with Crippen LogP contribution in [0.3, 0.4) is 0 Å². The molecule has 1 amide bonds. The lowest BCUT2D eigenvalue weighted by Gasteiger charge is -2.16. The van der Waals surface area contributed by atoms with Crippen molar-refractivity contribution in [2.45, 2.75) is 26.3 Å². The summed E-state index contributed by atoms with van der Waals surface area (Å²) in [5.74, 6) is 1.11. The molecule has 1 aliphatic heterocycles. The fourth-order valence-corrected chi connectivity index (χ4v) is 2.46. The van der Waals surface area contributed by atoms with E-state index in [1.165, 1.54) is 0 Å². The molecule has 1 aliphatic rings. The molecule has 0 aliphatic carbocycles. The van der Waals surface area contributed by atoms with Crippen molar-refractivity contribution in [1.29, 1.82) is 0 Å². The molecule has 0 bridgehead atoms. The summed E-state index contributed by atoms with van der Waals surface area (Å²) in [7, 11) is 0. The molecule has 0 spiro atoms. The number of anilines is 1. The topological polar surface area (TPSA) is 60.2 Å². The predicted octanol–water partition coefficient (Wildman–Crippen LogP) is 2.87. The minimum absolute atomic E-state index is 0.101.